The third-order valence-corrected chi connectivity index (χ3v) is 4.16. The van der Waals surface area contributed by atoms with Crippen LogP contribution in [-0.2, 0) is 11.2 Å². The van der Waals surface area contributed by atoms with Crippen molar-refractivity contribution in [2.24, 2.45) is 0 Å². The Hall–Kier alpha value is -3.07. The van der Waals surface area contributed by atoms with Crippen molar-refractivity contribution < 1.29 is 14.0 Å². The first kappa shape index (κ1) is 16.8. The topological polar surface area (TPSA) is 99.8 Å². The Balaban J connectivity index is 1.68. The van der Waals surface area contributed by atoms with Crippen LogP contribution in [0.5, 0.6) is 0 Å². The van der Waals surface area contributed by atoms with Crippen LogP contribution in [0.2, 0.25) is 0 Å². The van der Waals surface area contributed by atoms with Gasteiger partial charge in [-0.15, -0.1) is 11.3 Å². The summed E-state index contributed by atoms with van der Waals surface area (Å²) in [5.41, 5.74) is 2.06. The lowest BCUT2D eigenvalue weighted by Gasteiger charge is -1.98. The van der Waals surface area contributed by atoms with E-state index in [1.807, 2.05) is 0 Å². The number of halogens is 1. The third-order valence-electron chi connectivity index (χ3n) is 3.36. The monoisotopic (exact) mass is 359 g/mol. The van der Waals surface area contributed by atoms with Gasteiger partial charge in [-0.05, 0) is 30.3 Å². The summed E-state index contributed by atoms with van der Waals surface area (Å²) in [6.45, 7) is 0. The number of likely N-dealkylation sites (N-methyl/N-ethyl adjacent to an activating group) is 1. The van der Waals surface area contributed by atoms with E-state index in [1.54, 1.807) is 30.6 Å². The maximum atomic E-state index is 13.0. The predicted molar refractivity (Wildman–Crippen MR) is 91.8 cm³/mol. The molecular weight excluding hydrogens is 345 g/mol. The lowest BCUT2D eigenvalue weighted by atomic mass is 10.1. The van der Waals surface area contributed by atoms with Crippen molar-refractivity contribution in [3.8, 4) is 11.3 Å². The van der Waals surface area contributed by atoms with E-state index in [1.165, 1.54) is 23.5 Å². The van der Waals surface area contributed by atoms with Gasteiger partial charge in [-0.2, -0.15) is 5.10 Å². The van der Waals surface area contributed by atoms with E-state index in [4.69, 9.17) is 0 Å². The summed E-state index contributed by atoms with van der Waals surface area (Å²) >= 11 is 1.23. The Morgan fingerprint density at radius 3 is 2.76 bits per heavy atom. The predicted octanol–water partition coefficient (Wildman–Crippen LogP) is 2.21. The molecule has 0 saturated heterocycles. The lowest BCUT2D eigenvalue weighted by molar-refractivity contribution is -0.120. The number of H-pyrrole nitrogens is 1. The Bertz CT molecular complexity index is 903. The van der Waals surface area contributed by atoms with Crippen LogP contribution in [0.3, 0.4) is 0 Å². The molecule has 0 radical (unpaired) electrons. The molecule has 3 rings (SSSR count). The quantitative estimate of drug-likeness (QED) is 0.650. The Labute approximate surface area is 146 Å². The number of hydrogen-bond donors (Lipinski definition) is 3. The van der Waals surface area contributed by atoms with Gasteiger partial charge in [0.1, 0.15) is 11.5 Å². The molecule has 0 atom stereocenters. The van der Waals surface area contributed by atoms with Crippen molar-refractivity contribution >= 4 is 28.3 Å². The van der Waals surface area contributed by atoms with Crippen LogP contribution < -0.4 is 10.6 Å². The van der Waals surface area contributed by atoms with E-state index < -0.39 is 5.91 Å². The number of benzene rings is 1. The second kappa shape index (κ2) is 7.22. The van der Waals surface area contributed by atoms with Gasteiger partial charge < -0.3 is 5.32 Å². The van der Waals surface area contributed by atoms with Crippen LogP contribution in [0.4, 0.5) is 9.52 Å². The van der Waals surface area contributed by atoms with Gasteiger partial charge in [-0.25, -0.2) is 9.37 Å². The number of thiazole rings is 1. The van der Waals surface area contributed by atoms with Crippen molar-refractivity contribution in [1.82, 2.24) is 20.5 Å². The number of nitrogens with one attached hydrogen (secondary N) is 3. The zero-order chi connectivity index (χ0) is 17.8. The first-order valence-corrected chi connectivity index (χ1v) is 8.21. The van der Waals surface area contributed by atoms with E-state index in [2.05, 4.69) is 25.8 Å². The first-order chi connectivity index (χ1) is 12.0. The van der Waals surface area contributed by atoms with Crippen LogP contribution in [0.25, 0.3) is 11.3 Å². The van der Waals surface area contributed by atoms with Gasteiger partial charge in [-0.3, -0.25) is 20.0 Å². The Morgan fingerprint density at radius 1 is 1.28 bits per heavy atom. The molecule has 3 N–H and O–H groups in total. The number of rotatable bonds is 5. The van der Waals surface area contributed by atoms with Gasteiger partial charge in [0.15, 0.2) is 5.13 Å². The molecule has 0 aliphatic rings. The molecule has 2 aromatic heterocycles. The van der Waals surface area contributed by atoms with Crippen LogP contribution >= 0.6 is 11.3 Å². The van der Waals surface area contributed by atoms with Gasteiger partial charge in [-0.1, -0.05) is 0 Å². The molecule has 0 fully saturated rings. The fraction of sp³-hybridized carbons (Fsp3) is 0.125. The second-order valence-electron chi connectivity index (χ2n) is 5.12. The van der Waals surface area contributed by atoms with Gasteiger partial charge in [0.2, 0.25) is 5.91 Å². The molecule has 2 amide bonds. The fourth-order valence-electron chi connectivity index (χ4n) is 2.07. The van der Waals surface area contributed by atoms with Crippen LogP contribution in [0.15, 0.2) is 35.7 Å². The van der Waals surface area contributed by atoms with Crippen LogP contribution in [0.1, 0.15) is 16.2 Å². The highest BCUT2D eigenvalue weighted by Gasteiger charge is 2.14. The molecule has 2 heterocycles. The molecule has 9 heteroatoms. The Morgan fingerprint density at radius 2 is 2.04 bits per heavy atom. The van der Waals surface area contributed by atoms with E-state index in [-0.39, 0.29) is 23.8 Å². The molecule has 128 valence electrons. The number of hydrogen-bond acceptors (Lipinski definition) is 5. The minimum atomic E-state index is -0.401. The maximum Gasteiger partial charge on any atom is 0.275 e. The molecule has 0 saturated carbocycles. The second-order valence-corrected chi connectivity index (χ2v) is 5.98. The van der Waals surface area contributed by atoms with Gasteiger partial charge >= 0.3 is 0 Å². The molecule has 0 aliphatic carbocycles. The van der Waals surface area contributed by atoms with Crippen LogP contribution in [0, 0.1) is 5.82 Å². The molecule has 1 aromatic carbocycles. The number of aromatic amines is 1. The zero-order valence-electron chi connectivity index (χ0n) is 13.2. The molecule has 25 heavy (non-hydrogen) atoms. The van der Waals surface area contributed by atoms with Crippen molar-refractivity contribution in [1.29, 1.82) is 0 Å². The highest BCUT2D eigenvalue weighted by Crippen LogP contribution is 2.20. The fourth-order valence-corrected chi connectivity index (χ4v) is 2.77. The normalized spacial score (nSPS) is 10.5. The standard InChI is InChI=1S/C16H14FN5O2S/c1-18-14(23)6-11-8-25-16(19-11)20-15(24)13-7-12(21-22-13)9-2-4-10(17)5-3-9/h2-5,7-8H,6H2,1H3,(H,18,23)(H,21,22)(H,19,20,24). The van der Waals surface area contributed by atoms with E-state index >= 15 is 0 Å². The van der Waals surface area contributed by atoms with Gasteiger partial charge in [0.05, 0.1) is 17.8 Å². The number of carbonyl (C=O) groups excluding carboxylic acids is 2. The van der Waals surface area contributed by atoms with E-state index in [0.29, 0.717) is 22.1 Å². The van der Waals surface area contributed by atoms with Crippen molar-refractivity contribution in [2.75, 3.05) is 12.4 Å². The molecule has 0 unspecified atom stereocenters. The largest absolute Gasteiger partial charge is 0.359 e. The molecule has 0 spiro atoms. The number of nitrogens with zero attached hydrogens (tertiary/aromatic N) is 2. The summed E-state index contributed by atoms with van der Waals surface area (Å²) in [5.74, 6) is -0.893. The molecule has 7 nitrogen and oxygen atoms in total. The zero-order valence-corrected chi connectivity index (χ0v) is 14.0. The van der Waals surface area contributed by atoms with Crippen molar-refractivity contribution in [3.63, 3.8) is 0 Å². The summed E-state index contributed by atoms with van der Waals surface area (Å²) in [6.07, 6.45) is 0.154. The first-order valence-electron chi connectivity index (χ1n) is 7.33. The number of carbonyl (C=O) groups is 2. The average Bonchev–Trinajstić information content (AvgIpc) is 3.25. The van der Waals surface area contributed by atoms with Crippen molar-refractivity contribution in [3.05, 3.63) is 52.9 Å². The maximum absolute atomic E-state index is 13.0. The summed E-state index contributed by atoms with van der Waals surface area (Å²) in [4.78, 5) is 27.8. The minimum absolute atomic E-state index is 0.152. The summed E-state index contributed by atoms with van der Waals surface area (Å²) in [7, 11) is 1.55. The van der Waals surface area contributed by atoms with Crippen LogP contribution in [-0.4, -0.2) is 34.0 Å². The molecular formula is C16H14FN5O2S. The highest BCUT2D eigenvalue weighted by molar-refractivity contribution is 7.14. The summed E-state index contributed by atoms with van der Waals surface area (Å²) in [5, 5.41) is 14.0. The van der Waals surface area contributed by atoms with E-state index in [0.717, 1.165) is 0 Å². The van der Waals surface area contributed by atoms with Gasteiger partial charge in [0, 0.05) is 18.0 Å². The summed E-state index contributed by atoms with van der Waals surface area (Å²) < 4.78 is 13.0. The average molecular weight is 359 g/mol. The molecule has 3 aromatic rings. The number of amides is 2. The van der Waals surface area contributed by atoms with E-state index in [9.17, 15) is 14.0 Å². The SMILES string of the molecule is CNC(=O)Cc1csc(NC(=O)c2cc(-c3ccc(F)cc3)n[nH]2)n1. The lowest BCUT2D eigenvalue weighted by Crippen LogP contribution is -2.20. The highest BCUT2D eigenvalue weighted by atomic mass is 32.1. The van der Waals surface area contributed by atoms with Gasteiger partial charge in [0.25, 0.3) is 5.91 Å². The number of anilines is 1. The number of aromatic nitrogens is 3. The smallest absolute Gasteiger partial charge is 0.275 e. The van der Waals surface area contributed by atoms with Crippen molar-refractivity contribution in [2.45, 2.75) is 6.42 Å². The molecule has 0 bridgehead atoms. The third kappa shape index (κ3) is 4.07. The Kier molecular flexibility index (Phi) is 4.85. The minimum Gasteiger partial charge on any atom is -0.359 e. The molecule has 0 aliphatic heterocycles. The summed E-state index contributed by atoms with van der Waals surface area (Å²) in [6, 6.07) is 7.39.